The molecule has 1 aromatic carbocycles. The summed E-state index contributed by atoms with van der Waals surface area (Å²) in [4.78, 5) is 28.4. The van der Waals surface area contributed by atoms with Crippen molar-refractivity contribution in [3.63, 3.8) is 0 Å². The van der Waals surface area contributed by atoms with Crippen molar-refractivity contribution < 1.29 is 9.59 Å². The molecule has 0 saturated carbocycles. The quantitative estimate of drug-likeness (QED) is 0.0809. The second-order valence-electron chi connectivity index (χ2n) is 7.90. The van der Waals surface area contributed by atoms with Gasteiger partial charge in [-0.2, -0.15) is 0 Å². The smallest absolute Gasteiger partial charge is 0.211 e. The van der Waals surface area contributed by atoms with Crippen LogP contribution in [0.15, 0.2) is 58.5 Å². The normalized spacial score (nSPS) is 13.8. The van der Waals surface area contributed by atoms with E-state index in [1.54, 1.807) is 25.7 Å². The summed E-state index contributed by atoms with van der Waals surface area (Å²) in [5.41, 5.74) is 3.51. The van der Waals surface area contributed by atoms with E-state index >= 15 is 0 Å². The molecule has 1 aliphatic carbocycles. The molecule has 1 unspecified atom stereocenters. The molecule has 1 aliphatic rings. The van der Waals surface area contributed by atoms with Crippen molar-refractivity contribution in [1.29, 1.82) is 0 Å². The van der Waals surface area contributed by atoms with Gasteiger partial charge in [0.15, 0.2) is 0 Å². The molecule has 0 aromatic heterocycles. The highest BCUT2D eigenvalue weighted by molar-refractivity contribution is 8.01. The minimum atomic E-state index is -0.0478. The fourth-order valence-corrected chi connectivity index (χ4v) is 4.76. The zero-order chi connectivity index (χ0) is 27.7. The van der Waals surface area contributed by atoms with E-state index in [1.165, 1.54) is 23.8 Å². The van der Waals surface area contributed by atoms with E-state index in [2.05, 4.69) is 59.9 Å². The molecule has 0 bridgehead atoms. The van der Waals surface area contributed by atoms with E-state index in [9.17, 15) is 9.59 Å². The van der Waals surface area contributed by atoms with E-state index < -0.39 is 0 Å². The number of nitrogens with zero attached hydrogens (tertiary/aromatic N) is 2. The van der Waals surface area contributed by atoms with E-state index in [0.717, 1.165) is 55.3 Å². The Morgan fingerprint density at radius 2 is 2.08 bits per heavy atom. The molecular weight excluding hydrogens is 498 g/mol. The van der Waals surface area contributed by atoms with Crippen molar-refractivity contribution in [2.24, 2.45) is 4.99 Å². The topological polar surface area (TPSA) is 61.8 Å². The molecule has 1 aromatic rings. The van der Waals surface area contributed by atoms with Gasteiger partial charge in [0.05, 0.1) is 11.1 Å². The molecule has 1 N–H and O–H groups in total. The number of likely N-dealkylation sites (N-methyl/N-ethyl adjacent to an activating group) is 1. The number of carbonyl (C=O) groups excluding carboxylic acids is 2. The number of benzene rings is 1. The number of hydrogen-bond acceptors (Lipinski definition) is 5. The number of amides is 1. The molecule has 0 heterocycles. The molecule has 5 nitrogen and oxygen atoms in total. The van der Waals surface area contributed by atoms with Crippen LogP contribution < -0.4 is 5.32 Å². The van der Waals surface area contributed by atoms with Crippen molar-refractivity contribution in [3.8, 4) is 12.3 Å². The van der Waals surface area contributed by atoms with Crippen molar-refractivity contribution >= 4 is 48.1 Å². The summed E-state index contributed by atoms with van der Waals surface area (Å²) in [6, 6.07) is 8.24. The lowest BCUT2D eigenvalue weighted by Crippen LogP contribution is -2.33. The van der Waals surface area contributed by atoms with Crippen molar-refractivity contribution in [2.75, 3.05) is 26.1 Å². The molecule has 1 atom stereocenters. The molecule has 0 saturated heterocycles. The monoisotopic (exact) mass is 541 g/mol. The van der Waals surface area contributed by atoms with Gasteiger partial charge in [-0.3, -0.25) is 9.79 Å². The first-order chi connectivity index (χ1) is 18.0. The van der Waals surface area contributed by atoms with Crippen LogP contribution in [0.4, 0.5) is 0 Å². The van der Waals surface area contributed by atoms with Crippen molar-refractivity contribution in [3.05, 3.63) is 64.6 Å². The van der Waals surface area contributed by atoms with E-state index in [1.807, 2.05) is 41.8 Å². The first-order valence-electron chi connectivity index (χ1n) is 12.5. The molecule has 0 radical (unpaired) electrons. The van der Waals surface area contributed by atoms with E-state index in [0.29, 0.717) is 12.3 Å². The van der Waals surface area contributed by atoms with Gasteiger partial charge in [0, 0.05) is 20.6 Å². The minimum Gasteiger partial charge on any atom is -0.373 e. The summed E-state index contributed by atoms with van der Waals surface area (Å²) in [6.45, 7) is 4.30. The number of aldehydes is 1. The van der Waals surface area contributed by atoms with Gasteiger partial charge in [-0.15, -0.1) is 35.9 Å². The van der Waals surface area contributed by atoms with Gasteiger partial charge < -0.3 is 15.0 Å². The van der Waals surface area contributed by atoms with E-state index in [4.69, 9.17) is 0 Å². The number of amidine groups is 1. The van der Waals surface area contributed by atoms with Gasteiger partial charge in [0.25, 0.3) is 0 Å². The highest BCUT2D eigenvalue weighted by Crippen LogP contribution is 2.30. The van der Waals surface area contributed by atoms with Crippen LogP contribution in [0.1, 0.15) is 57.1 Å². The number of allylic oxidation sites excluding steroid dienone is 2. The van der Waals surface area contributed by atoms with Gasteiger partial charge in [0.2, 0.25) is 6.41 Å². The summed E-state index contributed by atoms with van der Waals surface area (Å²) in [5, 5.41) is 4.95. The summed E-state index contributed by atoms with van der Waals surface area (Å²) < 4.78 is 0. The molecular formula is C30H43N3O2S2. The molecule has 0 aliphatic heterocycles. The highest BCUT2D eigenvalue weighted by Gasteiger charge is 2.23. The summed E-state index contributed by atoms with van der Waals surface area (Å²) in [6.07, 6.45) is 22.3. The van der Waals surface area contributed by atoms with Crippen molar-refractivity contribution in [1.82, 2.24) is 10.2 Å². The molecule has 2 rings (SSSR count). The number of carbonyl (C=O) groups is 2. The SMILES string of the molecule is C#CC.CC/C=C\C(=NC)NC.CS/C=C\c1cccc(CN(C=O)C(SCC=O)C2=CCCCC2)c1. The maximum Gasteiger partial charge on any atom is 0.211 e. The molecule has 7 heteroatoms. The van der Waals surface area contributed by atoms with Crippen LogP contribution in [0, 0.1) is 12.3 Å². The summed E-state index contributed by atoms with van der Waals surface area (Å²) in [5.74, 6) is 3.58. The van der Waals surface area contributed by atoms with Gasteiger partial charge in [-0.05, 0) is 85.6 Å². The number of rotatable bonds is 12. The van der Waals surface area contributed by atoms with Gasteiger partial charge in [-0.25, -0.2) is 0 Å². The average Bonchev–Trinajstić information content (AvgIpc) is 2.93. The van der Waals surface area contributed by atoms with Gasteiger partial charge in [0.1, 0.15) is 12.1 Å². The highest BCUT2D eigenvalue weighted by atomic mass is 32.2. The third-order valence-electron chi connectivity index (χ3n) is 5.12. The van der Waals surface area contributed by atoms with Crippen LogP contribution in [-0.2, 0) is 16.1 Å². The van der Waals surface area contributed by atoms with Crippen LogP contribution in [0.25, 0.3) is 6.08 Å². The second kappa shape index (κ2) is 23.7. The molecule has 0 spiro atoms. The van der Waals surface area contributed by atoms with Crippen LogP contribution in [-0.4, -0.2) is 54.9 Å². The largest absolute Gasteiger partial charge is 0.373 e. The molecule has 0 fully saturated rings. The lowest BCUT2D eigenvalue weighted by atomic mass is 9.99. The minimum absolute atomic E-state index is 0.0478. The molecule has 1 amide bonds. The zero-order valence-corrected chi connectivity index (χ0v) is 24.6. The van der Waals surface area contributed by atoms with Crippen LogP contribution in [0.3, 0.4) is 0 Å². The number of aliphatic imine (C=N–C) groups is 1. The third-order valence-corrected chi connectivity index (χ3v) is 6.75. The van der Waals surface area contributed by atoms with Crippen LogP contribution in [0.5, 0.6) is 0 Å². The Hall–Kier alpha value is -2.69. The standard InChI is InChI=1S/C20H25NO2S2.C7H14N2.C3H4/c1-24-12-10-17-6-5-7-18(14-17)15-21(16-23)20(25-13-11-22)19-8-3-2-4-9-19;1-4-5-6-7(8-2)9-3;1-3-2/h5-8,10-12,14,16,20H,2-4,9,13,15H2,1H3;5-6H,4H2,1-3H3,(H,8,9);1H,2H3/b12-10-;6-5-;. The van der Waals surface area contributed by atoms with Gasteiger partial charge >= 0.3 is 0 Å². The fourth-order valence-electron chi connectivity index (χ4n) is 3.46. The first kappa shape index (κ1) is 34.3. The zero-order valence-electron chi connectivity index (χ0n) is 23.0. The summed E-state index contributed by atoms with van der Waals surface area (Å²) in [7, 11) is 3.63. The number of terminal acetylenes is 1. The Morgan fingerprint density at radius 3 is 2.62 bits per heavy atom. The maximum atomic E-state index is 11.8. The first-order valence-corrected chi connectivity index (χ1v) is 14.8. The molecule has 37 heavy (non-hydrogen) atoms. The summed E-state index contributed by atoms with van der Waals surface area (Å²) >= 11 is 3.20. The van der Waals surface area contributed by atoms with Crippen LogP contribution in [0.2, 0.25) is 0 Å². The van der Waals surface area contributed by atoms with Gasteiger partial charge in [-0.1, -0.05) is 37.3 Å². The number of thioether (sulfide) groups is 2. The third kappa shape index (κ3) is 15.9. The van der Waals surface area contributed by atoms with Crippen molar-refractivity contribution in [2.45, 2.75) is 57.9 Å². The predicted octanol–water partition coefficient (Wildman–Crippen LogP) is 6.58. The Kier molecular flexibility index (Phi) is 22.0. The Labute approximate surface area is 233 Å². The lowest BCUT2D eigenvalue weighted by Gasteiger charge is -2.31. The molecule has 202 valence electrons. The lowest BCUT2D eigenvalue weighted by molar-refractivity contribution is -0.119. The average molecular weight is 542 g/mol. The fraction of sp³-hybridized carbons (Fsp3) is 0.433. The Bertz CT molecular complexity index is 933. The van der Waals surface area contributed by atoms with E-state index in [-0.39, 0.29) is 5.37 Å². The Morgan fingerprint density at radius 1 is 1.32 bits per heavy atom. The maximum absolute atomic E-state index is 11.8. The second-order valence-corrected chi connectivity index (χ2v) is 9.75. The number of hydrogen-bond donors (Lipinski definition) is 1. The number of nitrogens with one attached hydrogen (secondary N) is 1. The predicted molar refractivity (Wildman–Crippen MR) is 166 cm³/mol. The van der Waals surface area contributed by atoms with Crippen LogP contribution >= 0.6 is 23.5 Å². The Balaban J connectivity index is 0.000000904.